The molecule has 0 aliphatic heterocycles. The van der Waals surface area contributed by atoms with Crippen LogP contribution in [-0.2, 0) is 4.79 Å². The maximum absolute atomic E-state index is 12.8. The lowest BCUT2D eigenvalue weighted by molar-refractivity contribution is -0.138. The number of allylic oxidation sites excluding steroid dienone is 5. The van der Waals surface area contributed by atoms with Crippen LogP contribution in [0.4, 0.5) is 0 Å². The Morgan fingerprint density at radius 1 is 1.12 bits per heavy atom. The molecule has 4 rings (SSSR count). The SMILES string of the molecule is CC(C)=CC(O)C[C@@H](C)[C@H]1CC[C@@]2(C)C3=CC[C@H]4C(C)(C)C(=O)CC[C@]4(C)C3=CC[C@]12C. The average Bonchev–Trinajstić information content (AvgIpc) is 2.96. The number of carbonyl (C=O) groups excluding carboxylic acids is 1. The maximum Gasteiger partial charge on any atom is 0.138 e. The highest BCUT2D eigenvalue weighted by Gasteiger charge is 2.63. The van der Waals surface area contributed by atoms with Crippen molar-refractivity contribution < 1.29 is 9.90 Å². The number of fused-ring (bicyclic) bond motifs is 5. The molecular formula is C30H46O2. The van der Waals surface area contributed by atoms with Gasteiger partial charge in [-0.2, -0.15) is 0 Å². The lowest BCUT2D eigenvalue weighted by atomic mass is 9.44. The molecule has 0 bridgehead atoms. The third-order valence-electron chi connectivity index (χ3n) is 10.9. The fourth-order valence-corrected chi connectivity index (χ4v) is 8.76. The Labute approximate surface area is 196 Å². The standard InChI is InChI=1S/C30H46O2/c1-19(2)17-21(31)18-20(3)22-11-15-30(8)24-9-10-25-27(4,5)26(32)13-14-28(25,6)23(24)12-16-29(22,30)7/h9,12,17,20-22,25,31H,10-11,13-16,18H2,1-8H3/t20-,21?,22-,25+,28-,29-,30+/m1/s1. The first-order valence-corrected chi connectivity index (χ1v) is 13.1. The van der Waals surface area contributed by atoms with Crippen LogP contribution >= 0.6 is 0 Å². The summed E-state index contributed by atoms with van der Waals surface area (Å²) in [6.07, 6.45) is 14.0. The molecule has 7 atom stereocenters. The van der Waals surface area contributed by atoms with Crippen molar-refractivity contribution >= 4 is 5.78 Å². The van der Waals surface area contributed by atoms with Gasteiger partial charge >= 0.3 is 0 Å². The number of rotatable bonds is 4. The van der Waals surface area contributed by atoms with Crippen LogP contribution in [0.15, 0.2) is 34.9 Å². The number of aliphatic hydroxyl groups excluding tert-OH is 1. The molecule has 0 amide bonds. The van der Waals surface area contributed by atoms with Gasteiger partial charge in [0.05, 0.1) is 6.10 Å². The van der Waals surface area contributed by atoms with Crippen molar-refractivity contribution in [2.45, 2.75) is 106 Å². The van der Waals surface area contributed by atoms with E-state index in [9.17, 15) is 9.90 Å². The largest absolute Gasteiger partial charge is 0.389 e. The third-order valence-corrected chi connectivity index (χ3v) is 10.9. The molecule has 0 spiro atoms. The van der Waals surface area contributed by atoms with Crippen LogP contribution in [-0.4, -0.2) is 17.0 Å². The Hall–Kier alpha value is -1.15. The van der Waals surface area contributed by atoms with Crippen molar-refractivity contribution in [3.63, 3.8) is 0 Å². The molecule has 0 heterocycles. The number of hydrogen-bond donors (Lipinski definition) is 1. The fraction of sp³-hybridized carbons (Fsp3) is 0.767. The lowest BCUT2D eigenvalue weighted by Crippen LogP contribution is -2.53. The van der Waals surface area contributed by atoms with Crippen molar-refractivity contribution in [2.24, 2.45) is 39.4 Å². The smallest absolute Gasteiger partial charge is 0.138 e. The molecule has 1 N–H and O–H groups in total. The van der Waals surface area contributed by atoms with E-state index in [1.54, 1.807) is 11.1 Å². The summed E-state index contributed by atoms with van der Waals surface area (Å²) in [5.41, 5.74) is 4.69. The molecule has 2 saturated carbocycles. The molecule has 178 valence electrons. The average molecular weight is 439 g/mol. The molecule has 0 aromatic carbocycles. The minimum Gasteiger partial charge on any atom is -0.389 e. The topological polar surface area (TPSA) is 37.3 Å². The van der Waals surface area contributed by atoms with Gasteiger partial charge in [-0.3, -0.25) is 4.79 Å². The van der Waals surface area contributed by atoms with Crippen molar-refractivity contribution in [2.75, 3.05) is 0 Å². The van der Waals surface area contributed by atoms with E-state index in [0.717, 1.165) is 32.1 Å². The molecule has 0 aromatic rings. The first-order chi connectivity index (χ1) is 14.8. The number of hydrogen-bond acceptors (Lipinski definition) is 2. The zero-order valence-electron chi connectivity index (χ0n) is 21.8. The lowest BCUT2D eigenvalue weighted by Gasteiger charge is -2.59. The molecule has 0 aromatic heterocycles. The van der Waals surface area contributed by atoms with E-state index in [-0.39, 0.29) is 27.8 Å². The quantitative estimate of drug-likeness (QED) is 0.463. The zero-order chi connectivity index (χ0) is 23.7. The second-order valence-electron chi connectivity index (χ2n) is 13.2. The van der Waals surface area contributed by atoms with Gasteiger partial charge in [0, 0.05) is 11.8 Å². The molecule has 2 fully saturated rings. The third kappa shape index (κ3) is 3.26. The van der Waals surface area contributed by atoms with Crippen molar-refractivity contribution in [1.29, 1.82) is 0 Å². The Morgan fingerprint density at radius 3 is 2.47 bits per heavy atom. The molecule has 2 nitrogen and oxygen atoms in total. The summed E-state index contributed by atoms with van der Waals surface area (Å²) in [7, 11) is 0. The van der Waals surface area contributed by atoms with Crippen LogP contribution in [0.5, 0.6) is 0 Å². The van der Waals surface area contributed by atoms with Crippen LogP contribution < -0.4 is 0 Å². The number of Topliss-reactive ketones (excluding diaryl/α,β-unsaturated/α-hetero) is 1. The van der Waals surface area contributed by atoms with Gasteiger partial charge in [0.2, 0.25) is 0 Å². The molecule has 32 heavy (non-hydrogen) atoms. The molecule has 0 saturated heterocycles. The summed E-state index contributed by atoms with van der Waals surface area (Å²) < 4.78 is 0. The van der Waals surface area contributed by atoms with E-state index in [1.165, 1.54) is 18.4 Å². The second-order valence-corrected chi connectivity index (χ2v) is 13.2. The zero-order valence-corrected chi connectivity index (χ0v) is 21.8. The molecule has 4 aliphatic rings. The number of carbonyl (C=O) groups is 1. The molecule has 1 unspecified atom stereocenters. The van der Waals surface area contributed by atoms with Crippen LogP contribution in [0.25, 0.3) is 0 Å². The Bertz CT molecular complexity index is 885. The summed E-state index contributed by atoms with van der Waals surface area (Å²) in [5, 5.41) is 10.6. The fourth-order valence-electron chi connectivity index (χ4n) is 8.76. The van der Waals surface area contributed by atoms with E-state index in [4.69, 9.17) is 0 Å². The minimum atomic E-state index is -0.337. The molecule has 0 radical (unpaired) electrons. The first kappa shape index (κ1) is 24.0. The first-order valence-electron chi connectivity index (χ1n) is 13.1. The van der Waals surface area contributed by atoms with E-state index in [1.807, 2.05) is 6.08 Å². The molecular weight excluding hydrogens is 392 g/mol. The second kappa shape index (κ2) is 7.69. The van der Waals surface area contributed by atoms with Crippen LogP contribution in [0.2, 0.25) is 0 Å². The highest BCUT2D eigenvalue weighted by atomic mass is 16.3. The van der Waals surface area contributed by atoms with Gasteiger partial charge in [0.15, 0.2) is 0 Å². The van der Waals surface area contributed by atoms with E-state index in [2.05, 4.69) is 67.5 Å². The van der Waals surface area contributed by atoms with Crippen molar-refractivity contribution in [1.82, 2.24) is 0 Å². The highest BCUT2D eigenvalue weighted by molar-refractivity contribution is 5.86. The van der Waals surface area contributed by atoms with Crippen molar-refractivity contribution in [3.8, 4) is 0 Å². The summed E-state index contributed by atoms with van der Waals surface area (Å²) in [5.74, 6) is 1.99. The van der Waals surface area contributed by atoms with Gasteiger partial charge < -0.3 is 5.11 Å². The normalized spacial score (nSPS) is 42.1. The monoisotopic (exact) mass is 438 g/mol. The Morgan fingerprint density at radius 2 is 1.81 bits per heavy atom. The van der Waals surface area contributed by atoms with Gasteiger partial charge in [0.25, 0.3) is 0 Å². The van der Waals surface area contributed by atoms with Gasteiger partial charge in [-0.05, 0) is 97.5 Å². The maximum atomic E-state index is 12.8. The van der Waals surface area contributed by atoms with Gasteiger partial charge in [-0.25, -0.2) is 0 Å². The van der Waals surface area contributed by atoms with Crippen molar-refractivity contribution in [3.05, 3.63) is 34.9 Å². The Kier molecular flexibility index (Phi) is 5.76. The van der Waals surface area contributed by atoms with Crippen LogP contribution in [0, 0.1) is 39.4 Å². The summed E-state index contributed by atoms with van der Waals surface area (Å²) >= 11 is 0. The van der Waals surface area contributed by atoms with Gasteiger partial charge in [0.1, 0.15) is 5.78 Å². The van der Waals surface area contributed by atoms with Crippen LogP contribution in [0.1, 0.15) is 100 Å². The number of ketones is 1. The highest BCUT2D eigenvalue weighted by Crippen LogP contribution is 2.71. The summed E-state index contributed by atoms with van der Waals surface area (Å²) in [6.45, 7) is 18.4. The predicted octanol–water partition coefficient (Wildman–Crippen LogP) is 7.43. The van der Waals surface area contributed by atoms with Gasteiger partial charge in [-0.1, -0.05) is 65.3 Å². The minimum absolute atomic E-state index is 0.120. The van der Waals surface area contributed by atoms with E-state index in [0.29, 0.717) is 23.5 Å². The number of aliphatic hydroxyl groups is 1. The Balaban J connectivity index is 1.67. The molecule has 4 aliphatic carbocycles. The van der Waals surface area contributed by atoms with Gasteiger partial charge in [-0.15, -0.1) is 0 Å². The van der Waals surface area contributed by atoms with E-state index < -0.39 is 0 Å². The predicted molar refractivity (Wildman–Crippen MR) is 133 cm³/mol. The van der Waals surface area contributed by atoms with Crippen LogP contribution in [0.3, 0.4) is 0 Å². The summed E-state index contributed by atoms with van der Waals surface area (Å²) in [6, 6.07) is 0. The summed E-state index contributed by atoms with van der Waals surface area (Å²) in [4.78, 5) is 12.8. The van der Waals surface area contributed by atoms with E-state index >= 15 is 0 Å². The molecule has 2 heteroatoms.